The summed E-state index contributed by atoms with van der Waals surface area (Å²) in [6.07, 6.45) is 3.32. The smallest absolute Gasteiger partial charge is 0.339 e. The van der Waals surface area contributed by atoms with Gasteiger partial charge in [0.1, 0.15) is 0 Å². The van der Waals surface area contributed by atoms with E-state index in [0.717, 1.165) is 5.69 Å². The molecule has 0 fully saturated rings. The van der Waals surface area contributed by atoms with Crippen molar-refractivity contribution >= 4 is 11.6 Å². The van der Waals surface area contributed by atoms with E-state index in [2.05, 4.69) is 4.98 Å². The molecule has 0 amide bonds. The molecule has 0 saturated carbocycles. The second-order valence-corrected chi connectivity index (χ2v) is 3.45. The highest BCUT2D eigenvalue weighted by Crippen LogP contribution is 2.20. The van der Waals surface area contributed by atoms with Gasteiger partial charge in [0, 0.05) is 12.4 Å². The molecule has 2 aromatic heterocycles. The molecule has 2 heterocycles. The molecule has 16 heavy (non-hydrogen) atoms. The van der Waals surface area contributed by atoms with E-state index in [1.807, 2.05) is 6.92 Å². The summed E-state index contributed by atoms with van der Waals surface area (Å²) >= 11 is 0. The van der Waals surface area contributed by atoms with Crippen LogP contribution in [-0.2, 0) is 4.74 Å². The number of nitrogens with zero attached hydrogens (tertiary/aromatic N) is 2. The zero-order chi connectivity index (χ0) is 11.7. The number of hydrogen-bond acceptors (Lipinski definition) is 4. The predicted molar refractivity (Wildman–Crippen MR) is 57.6 cm³/mol. The van der Waals surface area contributed by atoms with Gasteiger partial charge in [-0.05, 0) is 19.9 Å². The number of carbonyl (C=O) groups is 1. The summed E-state index contributed by atoms with van der Waals surface area (Å²) in [5.41, 5.74) is 1.52. The van der Waals surface area contributed by atoms with Gasteiger partial charge in [0.05, 0.1) is 17.9 Å². The van der Waals surface area contributed by atoms with Crippen molar-refractivity contribution in [2.75, 3.05) is 6.61 Å². The SMILES string of the molecule is CCOC(=O)c1cc(O)c2nc(C)cn2c1. The first kappa shape index (κ1) is 10.5. The molecule has 0 aromatic carbocycles. The summed E-state index contributed by atoms with van der Waals surface area (Å²) in [7, 11) is 0. The molecule has 5 heteroatoms. The van der Waals surface area contributed by atoms with E-state index in [4.69, 9.17) is 4.74 Å². The van der Waals surface area contributed by atoms with E-state index >= 15 is 0 Å². The molecule has 1 N–H and O–H groups in total. The van der Waals surface area contributed by atoms with Gasteiger partial charge in [-0.25, -0.2) is 9.78 Å². The molecule has 0 aliphatic carbocycles. The average molecular weight is 220 g/mol. The number of imidazole rings is 1. The van der Waals surface area contributed by atoms with Gasteiger partial charge < -0.3 is 14.2 Å². The number of aryl methyl sites for hydroxylation is 1. The van der Waals surface area contributed by atoms with Gasteiger partial charge in [0.15, 0.2) is 11.4 Å². The van der Waals surface area contributed by atoms with Crippen LogP contribution in [-0.4, -0.2) is 27.1 Å². The van der Waals surface area contributed by atoms with Crippen LogP contribution in [0.3, 0.4) is 0 Å². The monoisotopic (exact) mass is 220 g/mol. The molecule has 0 aliphatic heterocycles. The van der Waals surface area contributed by atoms with Crippen LogP contribution in [0.4, 0.5) is 0 Å². The molecular weight excluding hydrogens is 208 g/mol. The van der Waals surface area contributed by atoms with Crippen molar-refractivity contribution in [1.82, 2.24) is 9.38 Å². The maximum atomic E-state index is 11.5. The Morgan fingerprint density at radius 2 is 2.31 bits per heavy atom. The van der Waals surface area contributed by atoms with E-state index in [0.29, 0.717) is 17.8 Å². The largest absolute Gasteiger partial charge is 0.504 e. The number of aromatic hydroxyl groups is 1. The van der Waals surface area contributed by atoms with E-state index in [1.54, 1.807) is 23.7 Å². The summed E-state index contributed by atoms with van der Waals surface area (Å²) in [5.74, 6) is -0.482. The Hall–Kier alpha value is -2.04. The number of aromatic nitrogens is 2. The number of fused-ring (bicyclic) bond motifs is 1. The predicted octanol–water partition coefficient (Wildman–Crippen LogP) is 1.53. The Kier molecular flexibility index (Phi) is 2.52. The van der Waals surface area contributed by atoms with Gasteiger partial charge in [-0.2, -0.15) is 0 Å². The van der Waals surface area contributed by atoms with Crippen molar-refractivity contribution in [3.05, 3.63) is 29.7 Å². The lowest BCUT2D eigenvalue weighted by molar-refractivity contribution is 0.0525. The topological polar surface area (TPSA) is 63.8 Å². The van der Waals surface area contributed by atoms with Crippen LogP contribution in [0, 0.1) is 6.92 Å². The maximum Gasteiger partial charge on any atom is 0.339 e. The van der Waals surface area contributed by atoms with Crippen molar-refractivity contribution in [1.29, 1.82) is 0 Å². The zero-order valence-corrected chi connectivity index (χ0v) is 9.10. The second-order valence-electron chi connectivity index (χ2n) is 3.45. The van der Waals surface area contributed by atoms with E-state index in [1.165, 1.54) is 6.07 Å². The zero-order valence-electron chi connectivity index (χ0n) is 9.10. The number of pyridine rings is 1. The molecule has 5 nitrogen and oxygen atoms in total. The Balaban J connectivity index is 2.53. The van der Waals surface area contributed by atoms with Crippen LogP contribution in [0.25, 0.3) is 5.65 Å². The lowest BCUT2D eigenvalue weighted by atomic mass is 10.3. The molecule has 0 unspecified atom stereocenters. The Morgan fingerprint density at radius 1 is 1.56 bits per heavy atom. The van der Waals surface area contributed by atoms with Crippen LogP contribution in [0.5, 0.6) is 5.75 Å². The average Bonchev–Trinajstić information content (AvgIpc) is 2.59. The van der Waals surface area contributed by atoms with Crippen molar-refractivity contribution in [3.8, 4) is 5.75 Å². The minimum atomic E-state index is -0.453. The van der Waals surface area contributed by atoms with Crippen molar-refractivity contribution in [3.63, 3.8) is 0 Å². The summed E-state index contributed by atoms with van der Waals surface area (Å²) in [6.45, 7) is 3.86. The second kappa shape index (κ2) is 3.84. The van der Waals surface area contributed by atoms with Gasteiger partial charge in [-0.15, -0.1) is 0 Å². The number of carbonyl (C=O) groups excluding carboxylic acids is 1. The minimum absolute atomic E-state index is 0.0290. The van der Waals surface area contributed by atoms with Gasteiger partial charge >= 0.3 is 5.97 Å². The molecule has 2 aromatic rings. The summed E-state index contributed by atoms with van der Waals surface area (Å²) < 4.78 is 6.46. The van der Waals surface area contributed by atoms with Crippen LogP contribution >= 0.6 is 0 Å². The first-order valence-electron chi connectivity index (χ1n) is 4.97. The highest BCUT2D eigenvalue weighted by molar-refractivity contribution is 5.90. The lowest BCUT2D eigenvalue weighted by Crippen LogP contribution is -2.05. The van der Waals surface area contributed by atoms with E-state index < -0.39 is 5.97 Å². The Bertz CT molecular complexity index is 545. The molecule has 84 valence electrons. The molecule has 0 radical (unpaired) electrons. The molecule has 0 bridgehead atoms. The van der Waals surface area contributed by atoms with Crippen LogP contribution in [0.2, 0.25) is 0 Å². The highest BCUT2D eigenvalue weighted by Gasteiger charge is 2.12. The molecule has 0 spiro atoms. The molecule has 0 aliphatic rings. The Labute approximate surface area is 92.3 Å². The Morgan fingerprint density at radius 3 is 3.00 bits per heavy atom. The third-order valence-electron chi connectivity index (χ3n) is 2.16. The minimum Gasteiger partial charge on any atom is -0.504 e. The van der Waals surface area contributed by atoms with Gasteiger partial charge in [-0.1, -0.05) is 0 Å². The van der Waals surface area contributed by atoms with E-state index in [9.17, 15) is 9.90 Å². The number of ether oxygens (including phenoxy) is 1. The fourth-order valence-electron chi connectivity index (χ4n) is 1.53. The third-order valence-corrected chi connectivity index (χ3v) is 2.16. The van der Waals surface area contributed by atoms with Gasteiger partial charge in [0.2, 0.25) is 0 Å². The summed E-state index contributed by atoms with van der Waals surface area (Å²) in [6, 6.07) is 1.36. The maximum absolute atomic E-state index is 11.5. The number of esters is 1. The van der Waals surface area contributed by atoms with Crippen molar-refractivity contribution in [2.45, 2.75) is 13.8 Å². The highest BCUT2D eigenvalue weighted by atomic mass is 16.5. The fraction of sp³-hybridized carbons (Fsp3) is 0.273. The fourth-order valence-corrected chi connectivity index (χ4v) is 1.53. The molecule has 0 atom stereocenters. The molecule has 0 saturated heterocycles. The van der Waals surface area contributed by atoms with Crippen LogP contribution in [0.1, 0.15) is 23.0 Å². The first-order chi connectivity index (χ1) is 7.61. The van der Waals surface area contributed by atoms with Crippen molar-refractivity contribution < 1.29 is 14.6 Å². The van der Waals surface area contributed by atoms with Gasteiger partial charge in [0.25, 0.3) is 0 Å². The summed E-state index contributed by atoms with van der Waals surface area (Å²) in [4.78, 5) is 15.6. The van der Waals surface area contributed by atoms with Crippen molar-refractivity contribution in [2.24, 2.45) is 0 Å². The van der Waals surface area contributed by atoms with E-state index in [-0.39, 0.29) is 5.75 Å². The number of rotatable bonds is 2. The van der Waals surface area contributed by atoms with Gasteiger partial charge in [-0.3, -0.25) is 0 Å². The standard InChI is InChI=1S/C11H12N2O3/c1-3-16-11(15)8-4-9(14)10-12-7(2)5-13(10)6-8/h4-6,14H,3H2,1-2H3. The number of hydrogen-bond donors (Lipinski definition) is 1. The molecular formula is C11H12N2O3. The first-order valence-corrected chi connectivity index (χ1v) is 4.97. The summed E-state index contributed by atoms with van der Waals surface area (Å²) in [5, 5.41) is 9.69. The van der Waals surface area contributed by atoms with Crippen LogP contribution < -0.4 is 0 Å². The normalized spacial score (nSPS) is 10.6. The van der Waals surface area contributed by atoms with Crippen LogP contribution in [0.15, 0.2) is 18.5 Å². The lowest BCUT2D eigenvalue weighted by Gasteiger charge is -2.03. The quantitative estimate of drug-likeness (QED) is 0.779. The third kappa shape index (κ3) is 1.71. The molecule has 2 rings (SSSR count).